The molecule has 0 fully saturated rings. The summed E-state index contributed by atoms with van der Waals surface area (Å²) < 4.78 is 0. The van der Waals surface area contributed by atoms with Crippen molar-refractivity contribution in [1.29, 1.82) is 0 Å². The fourth-order valence-electron chi connectivity index (χ4n) is 4.23. The molecule has 0 bridgehead atoms. The highest BCUT2D eigenvalue weighted by Crippen LogP contribution is 2.16. The van der Waals surface area contributed by atoms with Crippen molar-refractivity contribution >= 4 is 23.7 Å². The van der Waals surface area contributed by atoms with Gasteiger partial charge in [-0.25, -0.2) is 4.79 Å². The largest absolute Gasteiger partial charge is 0.481 e. The maximum Gasteiger partial charge on any atom is 0.336 e. The average Bonchev–Trinajstić information content (AvgIpc) is 3.28. The normalized spacial score (nSPS) is 13.3. The third-order valence-corrected chi connectivity index (χ3v) is 6.38. The van der Waals surface area contributed by atoms with Crippen molar-refractivity contribution in [2.45, 2.75) is 115 Å². The first-order chi connectivity index (χ1) is 18.2. The quantitative estimate of drug-likeness (QED) is 0.0979. The number of unbranched alkanes of at least 4 members (excludes halogenated alkanes) is 11. The van der Waals surface area contributed by atoms with Crippen molar-refractivity contribution in [3.63, 3.8) is 0 Å². The van der Waals surface area contributed by atoms with E-state index in [2.05, 4.69) is 29.0 Å². The number of rotatable bonds is 22. The number of hydrogen-bond acceptors (Lipinski definition) is 7. The lowest BCUT2D eigenvalue weighted by atomic mass is 9.96. The molecule has 0 atom stereocenters. The third kappa shape index (κ3) is 18.7. The molecule has 0 aromatic carbocycles. The summed E-state index contributed by atoms with van der Waals surface area (Å²) in [6, 6.07) is 0. The van der Waals surface area contributed by atoms with Crippen LogP contribution in [-0.2, 0) is 14.4 Å². The Hall–Kier alpha value is -2.46. The van der Waals surface area contributed by atoms with E-state index in [-0.39, 0.29) is 0 Å². The van der Waals surface area contributed by atoms with Gasteiger partial charge in [0.25, 0.3) is 0 Å². The number of hydrogen-bond donors (Lipinski definition) is 5. The van der Waals surface area contributed by atoms with E-state index in [4.69, 9.17) is 26.2 Å². The van der Waals surface area contributed by atoms with Crippen molar-refractivity contribution in [1.82, 2.24) is 4.90 Å². The summed E-state index contributed by atoms with van der Waals surface area (Å²) >= 11 is 0. The lowest BCUT2D eigenvalue weighted by molar-refractivity contribution is -0.170. The molecule has 0 unspecified atom stereocenters. The van der Waals surface area contributed by atoms with Gasteiger partial charge in [0.05, 0.1) is 25.2 Å². The van der Waals surface area contributed by atoms with Crippen molar-refractivity contribution in [3.05, 3.63) is 12.2 Å². The number of amidine groups is 1. The minimum atomic E-state index is -2.74. The maximum atomic E-state index is 10.3. The monoisotopic (exact) mass is 541 g/mol. The van der Waals surface area contributed by atoms with Crippen molar-refractivity contribution in [3.8, 4) is 0 Å². The van der Waals surface area contributed by atoms with Crippen LogP contribution in [0, 0.1) is 0 Å². The number of carboxylic acids is 3. The molecular formula is C28H51N3O7. The van der Waals surface area contributed by atoms with Gasteiger partial charge in [-0.15, -0.1) is 0 Å². The second-order valence-electron chi connectivity index (χ2n) is 9.89. The van der Waals surface area contributed by atoms with Crippen molar-refractivity contribution < 1.29 is 34.8 Å². The summed E-state index contributed by atoms with van der Waals surface area (Å²) in [5, 5.41) is 33.8. The molecule has 0 radical (unpaired) electrons. The lowest BCUT2D eigenvalue weighted by Crippen LogP contribution is -2.42. The Labute approximate surface area is 228 Å². The molecule has 0 aromatic rings. The Balaban J connectivity index is 0.000000889. The Morgan fingerprint density at radius 1 is 0.868 bits per heavy atom. The fourth-order valence-corrected chi connectivity index (χ4v) is 4.23. The molecule has 38 heavy (non-hydrogen) atoms. The predicted octanol–water partition coefficient (Wildman–Crippen LogP) is 4.45. The molecule has 0 aliphatic carbocycles. The minimum absolute atomic E-state index is 0.741. The topological polar surface area (TPSA) is 174 Å². The van der Waals surface area contributed by atoms with Crippen LogP contribution < -0.4 is 5.73 Å². The van der Waals surface area contributed by atoms with Gasteiger partial charge in [0.1, 0.15) is 0 Å². The molecule has 0 aromatic heterocycles. The molecule has 0 saturated carbocycles. The smallest absolute Gasteiger partial charge is 0.336 e. The zero-order valence-electron chi connectivity index (χ0n) is 23.3. The maximum absolute atomic E-state index is 10.3. The molecule has 1 heterocycles. The SMILES string of the molecule is CCCCCCCCC=CCCCCCCCC1=NCCN1CCN.O=C(O)CC(O)(CC(=O)O)C(=O)O. The molecule has 1 aliphatic heterocycles. The molecule has 6 N–H and O–H groups in total. The highest BCUT2D eigenvalue weighted by Gasteiger charge is 2.40. The molecule has 10 nitrogen and oxygen atoms in total. The van der Waals surface area contributed by atoms with Crippen LogP contribution in [-0.4, -0.2) is 80.8 Å². The highest BCUT2D eigenvalue weighted by molar-refractivity contribution is 5.88. The van der Waals surface area contributed by atoms with Gasteiger partial charge < -0.3 is 31.1 Å². The number of carbonyl (C=O) groups is 3. The molecule has 0 saturated heterocycles. The second kappa shape index (κ2) is 22.5. The summed E-state index contributed by atoms with van der Waals surface area (Å²) in [7, 11) is 0. The summed E-state index contributed by atoms with van der Waals surface area (Å²) in [4.78, 5) is 37.5. The summed E-state index contributed by atoms with van der Waals surface area (Å²) in [5.41, 5.74) is 2.92. The standard InChI is InChI=1S/C22H43N3.C6H8O7/c1-2-3-4-5-6-7-8-9-10-11-12-13-14-15-16-17-22-24-19-21-25(22)20-18-23;7-3(8)1-6(13,5(11)12)2-4(9)10/h9-10H,2-8,11-21,23H2,1H3;13H,1-2H2,(H,7,8)(H,9,10)(H,11,12). The van der Waals surface area contributed by atoms with E-state index >= 15 is 0 Å². The van der Waals surface area contributed by atoms with E-state index in [1.54, 1.807) is 0 Å². The molecule has 220 valence electrons. The minimum Gasteiger partial charge on any atom is -0.481 e. The zero-order valence-corrected chi connectivity index (χ0v) is 23.3. The van der Waals surface area contributed by atoms with Gasteiger partial charge in [-0.05, 0) is 32.1 Å². The van der Waals surface area contributed by atoms with E-state index in [1.165, 1.54) is 89.3 Å². The zero-order chi connectivity index (χ0) is 28.7. The second-order valence-corrected chi connectivity index (χ2v) is 9.89. The Bertz CT molecular complexity index is 709. The van der Waals surface area contributed by atoms with Crippen LogP contribution in [0.15, 0.2) is 17.1 Å². The van der Waals surface area contributed by atoms with Gasteiger partial charge in [-0.2, -0.15) is 0 Å². The fraction of sp³-hybridized carbons (Fsp3) is 0.786. The first-order valence-corrected chi connectivity index (χ1v) is 14.2. The Morgan fingerprint density at radius 2 is 1.37 bits per heavy atom. The molecule has 1 aliphatic rings. The van der Waals surface area contributed by atoms with Gasteiger partial charge in [-0.1, -0.05) is 70.4 Å². The Kier molecular flexibility index (Phi) is 21.1. The highest BCUT2D eigenvalue weighted by atomic mass is 16.4. The van der Waals surface area contributed by atoms with Crippen LogP contribution in [0.2, 0.25) is 0 Å². The number of carboxylic acid groups (broad SMARTS) is 3. The number of aliphatic imine (C=N–C) groups is 1. The molecule has 0 amide bonds. The Morgan fingerprint density at radius 3 is 1.84 bits per heavy atom. The predicted molar refractivity (Wildman–Crippen MR) is 149 cm³/mol. The van der Waals surface area contributed by atoms with Gasteiger partial charge in [0.2, 0.25) is 0 Å². The van der Waals surface area contributed by atoms with Gasteiger partial charge in [0, 0.05) is 26.1 Å². The molecule has 10 heteroatoms. The summed E-state index contributed by atoms with van der Waals surface area (Å²) in [5.74, 6) is -3.71. The summed E-state index contributed by atoms with van der Waals surface area (Å²) in [6.45, 7) is 6.05. The first kappa shape index (κ1) is 35.5. The first-order valence-electron chi connectivity index (χ1n) is 14.2. The number of nitrogens with two attached hydrogens (primary N) is 1. The molecule has 0 spiro atoms. The van der Waals surface area contributed by atoms with Gasteiger partial charge in [-0.3, -0.25) is 14.6 Å². The van der Waals surface area contributed by atoms with E-state index in [1.807, 2.05) is 0 Å². The average molecular weight is 542 g/mol. The number of aliphatic hydroxyl groups is 1. The van der Waals surface area contributed by atoms with Crippen LogP contribution in [0.4, 0.5) is 0 Å². The van der Waals surface area contributed by atoms with Crippen LogP contribution in [0.25, 0.3) is 0 Å². The molecule has 1 rings (SSSR count). The van der Waals surface area contributed by atoms with Crippen molar-refractivity contribution in [2.24, 2.45) is 10.7 Å². The van der Waals surface area contributed by atoms with Gasteiger partial charge >= 0.3 is 17.9 Å². The van der Waals surface area contributed by atoms with Crippen LogP contribution in [0.3, 0.4) is 0 Å². The number of allylic oxidation sites excluding steroid dienone is 2. The van der Waals surface area contributed by atoms with Crippen molar-refractivity contribution in [2.75, 3.05) is 26.2 Å². The van der Waals surface area contributed by atoms with Crippen LogP contribution >= 0.6 is 0 Å². The van der Waals surface area contributed by atoms with E-state index in [0.29, 0.717) is 0 Å². The van der Waals surface area contributed by atoms with E-state index in [9.17, 15) is 14.4 Å². The number of nitrogens with zero attached hydrogens (tertiary/aromatic N) is 2. The van der Waals surface area contributed by atoms with Crippen LogP contribution in [0.5, 0.6) is 0 Å². The third-order valence-electron chi connectivity index (χ3n) is 6.38. The number of aliphatic carboxylic acids is 3. The van der Waals surface area contributed by atoms with Crippen LogP contribution in [0.1, 0.15) is 110 Å². The summed E-state index contributed by atoms with van der Waals surface area (Å²) in [6.07, 6.45) is 21.4. The lowest BCUT2D eigenvalue weighted by Gasteiger charge is -2.19. The van der Waals surface area contributed by atoms with E-state index in [0.717, 1.165) is 32.6 Å². The molecular weight excluding hydrogens is 490 g/mol. The van der Waals surface area contributed by atoms with Gasteiger partial charge in [0.15, 0.2) is 5.60 Å². The van der Waals surface area contributed by atoms with E-state index < -0.39 is 36.4 Å².